The van der Waals surface area contributed by atoms with Gasteiger partial charge in [-0.25, -0.2) is 0 Å². The summed E-state index contributed by atoms with van der Waals surface area (Å²) in [5, 5.41) is 9.29. The van der Waals surface area contributed by atoms with Gasteiger partial charge in [0.05, 0.1) is 12.7 Å². The summed E-state index contributed by atoms with van der Waals surface area (Å²) in [6.45, 7) is 4.11. The molecule has 1 heterocycles. The molecule has 0 radical (unpaired) electrons. The van der Waals surface area contributed by atoms with Crippen molar-refractivity contribution in [2.24, 2.45) is 4.99 Å². The standard InChI is InChI=1S/C20H32N4O3/c1-21-20(22-11-6-13-26-16-18-9-5-14-27-18)23-12-10-19(25)24-15-17-7-3-2-4-8-17/h2-4,7-8,18H,5-6,9-16H2,1H3,(H,24,25)(H2,21,22,23). The molecular weight excluding hydrogens is 344 g/mol. The molecule has 1 aromatic carbocycles. The van der Waals surface area contributed by atoms with Crippen molar-refractivity contribution in [3.8, 4) is 0 Å². The van der Waals surface area contributed by atoms with Gasteiger partial charge in [-0.15, -0.1) is 0 Å². The number of guanidine groups is 1. The normalized spacial score (nSPS) is 16.9. The number of hydrogen-bond donors (Lipinski definition) is 3. The van der Waals surface area contributed by atoms with Crippen LogP contribution >= 0.6 is 0 Å². The van der Waals surface area contributed by atoms with Crippen LogP contribution < -0.4 is 16.0 Å². The van der Waals surface area contributed by atoms with Crippen LogP contribution in [0.25, 0.3) is 0 Å². The Morgan fingerprint density at radius 2 is 2.04 bits per heavy atom. The van der Waals surface area contributed by atoms with Crippen molar-refractivity contribution >= 4 is 11.9 Å². The Bertz CT molecular complexity index is 560. The molecule has 1 fully saturated rings. The van der Waals surface area contributed by atoms with Crippen molar-refractivity contribution in [1.82, 2.24) is 16.0 Å². The topological polar surface area (TPSA) is 84.0 Å². The first-order valence-electron chi connectivity index (χ1n) is 9.72. The first-order chi connectivity index (χ1) is 13.3. The van der Waals surface area contributed by atoms with Crippen LogP contribution in [-0.4, -0.2) is 57.9 Å². The highest BCUT2D eigenvalue weighted by atomic mass is 16.5. The third-order valence-electron chi connectivity index (χ3n) is 4.29. The quantitative estimate of drug-likeness (QED) is 0.309. The molecule has 0 aliphatic carbocycles. The van der Waals surface area contributed by atoms with Gasteiger partial charge in [0, 0.05) is 46.3 Å². The molecule has 0 bridgehead atoms. The summed E-state index contributed by atoms with van der Waals surface area (Å²) in [6, 6.07) is 9.88. The Kier molecular flexibility index (Phi) is 10.3. The molecule has 3 N–H and O–H groups in total. The number of carbonyl (C=O) groups is 1. The average molecular weight is 377 g/mol. The van der Waals surface area contributed by atoms with E-state index in [1.54, 1.807) is 7.05 Å². The van der Waals surface area contributed by atoms with Crippen molar-refractivity contribution in [3.63, 3.8) is 0 Å². The van der Waals surface area contributed by atoms with Crippen molar-refractivity contribution in [2.75, 3.05) is 40.0 Å². The Morgan fingerprint density at radius 1 is 1.22 bits per heavy atom. The third kappa shape index (κ3) is 9.40. The number of ether oxygens (including phenoxy) is 2. The van der Waals surface area contributed by atoms with Gasteiger partial charge in [0.15, 0.2) is 5.96 Å². The SMILES string of the molecule is CN=C(NCCCOCC1CCCO1)NCCC(=O)NCc1ccccc1. The highest BCUT2D eigenvalue weighted by Gasteiger charge is 2.14. The summed E-state index contributed by atoms with van der Waals surface area (Å²) in [5.74, 6) is 0.717. The van der Waals surface area contributed by atoms with Gasteiger partial charge in [0.2, 0.25) is 5.91 Å². The molecule has 0 saturated carbocycles. The molecule has 27 heavy (non-hydrogen) atoms. The van der Waals surface area contributed by atoms with Gasteiger partial charge in [-0.2, -0.15) is 0 Å². The molecule has 1 saturated heterocycles. The number of hydrogen-bond acceptors (Lipinski definition) is 4. The molecular formula is C20H32N4O3. The first-order valence-corrected chi connectivity index (χ1v) is 9.72. The van der Waals surface area contributed by atoms with Crippen molar-refractivity contribution in [2.45, 2.75) is 38.3 Å². The molecule has 1 aliphatic heterocycles. The van der Waals surface area contributed by atoms with Crippen molar-refractivity contribution in [1.29, 1.82) is 0 Å². The van der Waals surface area contributed by atoms with Crippen LogP contribution in [0.3, 0.4) is 0 Å². The van der Waals surface area contributed by atoms with Crippen LogP contribution in [0.15, 0.2) is 35.3 Å². The molecule has 1 aliphatic rings. The van der Waals surface area contributed by atoms with E-state index in [1.165, 1.54) is 0 Å². The van der Waals surface area contributed by atoms with Crippen LogP contribution in [0, 0.1) is 0 Å². The van der Waals surface area contributed by atoms with E-state index in [-0.39, 0.29) is 12.0 Å². The van der Waals surface area contributed by atoms with Crippen LogP contribution in [0.1, 0.15) is 31.2 Å². The fourth-order valence-electron chi connectivity index (χ4n) is 2.77. The maximum Gasteiger partial charge on any atom is 0.222 e. The van der Waals surface area contributed by atoms with Gasteiger partial charge in [-0.3, -0.25) is 9.79 Å². The Labute approximate surface area is 161 Å². The van der Waals surface area contributed by atoms with Gasteiger partial charge >= 0.3 is 0 Å². The predicted molar refractivity (Wildman–Crippen MR) is 107 cm³/mol. The number of aliphatic imine (C=N–C) groups is 1. The van der Waals surface area contributed by atoms with Crippen molar-refractivity contribution < 1.29 is 14.3 Å². The molecule has 0 spiro atoms. The predicted octanol–water partition coefficient (Wildman–Crippen LogP) is 1.44. The third-order valence-corrected chi connectivity index (χ3v) is 4.29. The van der Waals surface area contributed by atoms with E-state index in [1.807, 2.05) is 30.3 Å². The minimum Gasteiger partial charge on any atom is -0.379 e. The molecule has 1 aromatic rings. The number of rotatable bonds is 11. The summed E-state index contributed by atoms with van der Waals surface area (Å²) < 4.78 is 11.1. The van der Waals surface area contributed by atoms with E-state index in [2.05, 4.69) is 20.9 Å². The van der Waals surface area contributed by atoms with Gasteiger partial charge in [-0.1, -0.05) is 30.3 Å². The van der Waals surface area contributed by atoms with Crippen LogP contribution in [-0.2, 0) is 20.8 Å². The second kappa shape index (κ2) is 13.1. The van der Waals surface area contributed by atoms with Gasteiger partial charge in [0.1, 0.15) is 0 Å². The largest absolute Gasteiger partial charge is 0.379 e. The van der Waals surface area contributed by atoms with E-state index in [9.17, 15) is 4.79 Å². The highest BCUT2D eigenvalue weighted by molar-refractivity contribution is 5.81. The Hall–Kier alpha value is -2.12. The van der Waals surface area contributed by atoms with Crippen LogP contribution in [0.2, 0.25) is 0 Å². The second-order valence-electron chi connectivity index (χ2n) is 6.50. The monoisotopic (exact) mass is 376 g/mol. The second-order valence-corrected chi connectivity index (χ2v) is 6.50. The first kappa shape index (κ1) is 21.2. The van der Waals surface area contributed by atoms with E-state index in [0.29, 0.717) is 38.7 Å². The van der Waals surface area contributed by atoms with Gasteiger partial charge in [-0.05, 0) is 24.8 Å². The van der Waals surface area contributed by atoms with Crippen LogP contribution in [0.5, 0.6) is 0 Å². The fraction of sp³-hybridized carbons (Fsp3) is 0.600. The summed E-state index contributed by atoms with van der Waals surface area (Å²) in [6.07, 6.45) is 3.82. The number of amides is 1. The molecule has 2 rings (SSSR count). The minimum absolute atomic E-state index is 0.0179. The van der Waals surface area contributed by atoms with Crippen LogP contribution in [0.4, 0.5) is 0 Å². The number of nitrogens with one attached hydrogen (secondary N) is 3. The lowest BCUT2D eigenvalue weighted by Gasteiger charge is -2.13. The number of nitrogens with zero attached hydrogens (tertiary/aromatic N) is 1. The number of benzene rings is 1. The van der Waals surface area contributed by atoms with E-state index in [4.69, 9.17) is 9.47 Å². The zero-order valence-corrected chi connectivity index (χ0v) is 16.2. The summed E-state index contributed by atoms with van der Waals surface area (Å²) >= 11 is 0. The summed E-state index contributed by atoms with van der Waals surface area (Å²) in [5.41, 5.74) is 1.10. The fourth-order valence-corrected chi connectivity index (χ4v) is 2.77. The van der Waals surface area contributed by atoms with E-state index in [0.717, 1.165) is 38.0 Å². The highest BCUT2D eigenvalue weighted by Crippen LogP contribution is 2.11. The molecule has 0 aromatic heterocycles. The lowest BCUT2D eigenvalue weighted by atomic mass is 10.2. The van der Waals surface area contributed by atoms with Crippen molar-refractivity contribution in [3.05, 3.63) is 35.9 Å². The average Bonchev–Trinajstić information content (AvgIpc) is 3.22. The minimum atomic E-state index is 0.0179. The zero-order valence-electron chi connectivity index (χ0n) is 16.2. The molecule has 150 valence electrons. The lowest BCUT2D eigenvalue weighted by Crippen LogP contribution is -2.39. The van der Waals surface area contributed by atoms with E-state index >= 15 is 0 Å². The van der Waals surface area contributed by atoms with E-state index < -0.39 is 0 Å². The Balaban J connectivity index is 1.46. The molecule has 1 amide bonds. The maximum absolute atomic E-state index is 11.9. The molecule has 7 nitrogen and oxygen atoms in total. The molecule has 7 heteroatoms. The number of carbonyl (C=O) groups excluding carboxylic acids is 1. The zero-order chi connectivity index (χ0) is 19.2. The summed E-state index contributed by atoms with van der Waals surface area (Å²) in [7, 11) is 1.72. The van der Waals surface area contributed by atoms with Gasteiger partial charge in [0.25, 0.3) is 0 Å². The molecule has 1 unspecified atom stereocenters. The molecule has 1 atom stereocenters. The van der Waals surface area contributed by atoms with Gasteiger partial charge < -0.3 is 25.4 Å². The smallest absolute Gasteiger partial charge is 0.222 e. The maximum atomic E-state index is 11.9. The summed E-state index contributed by atoms with van der Waals surface area (Å²) in [4.78, 5) is 16.1. The Morgan fingerprint density at radius 3 is 2.78 bits per heavy atom. The lowest BCUT2D eigenvalue weighted by molar-refractivity contribution is -0.121.